The van der Waals surface area contributed by atoms with Crippen molar-refractivity contribution >= 4 is 57.1 Å². The molecule has 0 spiro atoms. The van der Waals surface area contributed by atoms with Gasteiger partial charge in [-0.15, -0.1) is 23.2 Å². The number of fused-ring (bicyclic) bond motifs is 2. The van der Waals surface area contributed by atoms with Crippen LogP contribution < -0.4 is 0 Å². The van der Waals surface area contributed by atoms with Crippen molar-refractivity contribution in [1.29, 1.82) is 0 Å². The normalized spacial score (nSPS) is 10.7. The topological polar surface area (TPSA) is 34.6 Å². The van der Waals surface area contributed by atoms with E-state index >= 15 is 0 Å². The second-order valence-electron chi connectivity index (χ2n) is 4.74. The molecule has 0 amide bonds. The van der Waals surface area contributed by atoms with Crippen molar-refractivity contribution in [2.75, 3.05) is 0 Å². The van der Waals surface area contributed by atoms with E-state index in [1.54, 1.807) is 0 Å². The lowest BCUT2D eigenvalue weighted by atomic mass is 10.5. The summed E-state index contributed by atoms with van der Waals surface area (Å²) in [5.74, 6) is 0.946. The van der Waals surface area contributed by atoms with Gasteiger partial charge in [0.15, 0.2) is 0 Å². The van der Waals surface area contributed by atoms with Gasteiger partial charge in [0.2, 0.25) is 0 Å². The highest BCUT2D eigenvalue weighted by Crippen LogP contribution is 2.16. The minimum Gasteiger partial charge on any atom is -0.307 e. The first-order valence-corrected chi connectivity index (χ1v) is 9.03. The number of alkyl halides is 2. The molecule has 23 heavy (non-hydrogen) atoms. The van der Waals surface area contributed by atoms with E-state index in [1.807, 2.05) is 63.8 Å². The molecule has 0 radical (unpaired) electrons. The molecule has 4 rings (SSSR count). The summed E-state index contributed by atoms with van der Waals surface area (Å²) in [5.41, 5.74) is 3.77. The molecule has 7 heteroatoms. The standard InChI is InChI=1S/C8H6ClIN2.C8H7ClN2/c9-5-6-8(10)12-4-2-1-3-7(12)11-6;9-5-7-6-11-4-2-1-3-8(11)10-7/h1-4H,5H2;1-4,6H,5H2. The van der Waals surface area contributed by atoms with Gasteiger partial charge in [-0.3, -0.25) is 4.40 Å². The Balaban J connectivity index is 0.000000136. The molecule has 0 N–H and O–H groups in total. The summed E-state index contributed by atoms with van der Waals surface area (Å²) in [4.78, 5) is 8.62. The Labute approximate surface area is 157 Å². The maximum absolute atomic E-state index is 5.72. The fourth-order valence-electron chi connectivity index (χ4n) is 2.15. The van der Waals surface area contributed by atoms with E-state index in [0.717, 1.165) is 26.4 Å². The Kier molecular flexibility index (Phi) is 5.40. The predicted octanol–water partition coefficient (Wildman–Crippen LogP) is 4.75. The first-order chi connectivity index (χ1) is 11.2. The molecular formula is C16H13Cl2IN4. The van der Waals surface area contributed by atoms with Crippen LogP contribution in [-0.2, 0) is 11.8 Å². The minimum absolute atomic E-state index is 0.472. The fraction of sp³-hybridized carbons (Fsp3) is 0.125. The van der Waals surface area contributed by atoms with E-state index in [-0.39, 0.29) is 0 Å². The number of rotatable bonds is 2. The highest BCUT2D eigenvalue weighted by atomic mass is 127. The van der Waals surface area contributed by atoms with Crippen LogP contribution in [0.1, 0.15) is 11.4 Å². The van der Waals surface area contributed by atoms with Crippen LogP contribution in [0.5, 0.6) is 0 Å². The summed E-state index contributed by atoms with van der Waals surface area (Å²) in [6.45, 7) is 0. The van der Waals surface area contributed by atoms with Gasteiger partial charge >= 0.3 is 0 Å². The Bertz CT molecular complexity index is 899. The van der Waals surface area contributed by atoms with Gasteiger partial charge in [-0.25, -0.2) is 9.97 Å². The quantitative estimate of drug-likeness (QED) is 0.321. The third-order valence-electron chi connectivity index (χ3n) is 3.21. The van der Waals surface area contributed by atoms with Gasteiger partial charge in [0.05, 0.1) is 23.1 Å². The van der Waals surface area contributed by atoms with Crippen molar-refractivity contribution < 1.29 is 0 Å². The van der Waals surface area contributed by atoms with Crippen LogP contribution in [0, 0.1) is 3.70 Å². The number of hydrogen-bond donors (Lipinski definition) is 0. The number of halogens is 3. The molecule has 4 heterocycles. The van der Waals surface area contributed by atoms with Gasteiger partial charge in [-0.2, -0.15) is 0 Å². The molecule has 118 valence electrons. The molecule has 0 aliphatic heterocycles. The van der Waals surface area contributed by atoms with Crippen LogP contribution in [0.2, 0.25) is 0 Å². The van der Waals surface area contributed by atoms with Gasteiger partial charge in [0, 0.05) is 18.6 Å². The zero-order valence-corrected chi connectivity index (χ0v) is 15.7. The van der Waals surface area contributed by atoms with Crippen LogP contribution in [0.3, 0.4) is 0 Å². The zero-order chi connectivity index (χ0) is 16.2. The van der Waals surface area contributed by atoms with Gasteiger partial charge in [0.25, 0.3) is 0 Å². The van der Waals surface area contributed by atoms with Gasteiger partial charge < -0.3 is 4.40 Å². The SMILES string of the molecule is ClCc1cn2ccccc2n1.ClCc1nc2ccccn2c1I. The van der Waals surface area contributed by atoms with Crippen molar-refractivity contribution in [3.05, 3.63) is 70.1 Å². The van der Waals surface area contributed by atoms with Crippen LogP contribution in [0.25, 0.3) is 11.3 Å². The maximum Gasteiger partial charge on any atom is 0.137 e. The molecule has 0 fully saturated rings. The minimum atomic E-state index is 0.472. The Morgan fingerprint density at radius 2 is 1.65 bits per heavy atom. The van der Waals surface area contributed by atoms with Gasteiger partial charge in [0.1, 0.15) is 15.0 Å². The monoisotopic (exact) mass is 458 g/mol. The van der Waals surface area contributed by atoms with E-state index in [4.69, 9.17) is 23.2 Å². The fourth-order valence-corrected chi connectivity index (χ4v) is 3.41. The lowest BCUT2D eigenvalue weighted by Gasteiger charge is -1.91. The highest BCUT2D eigenvalue weighted by Gasteiger charge is 2.06. The van der Waals surface area contributed by atoms with E-state index < -0.39 is 0 Å². The molecule has 0 bridgehead atoms. The van der Waals surface area contributed by atoms with E-state index in [1.165, 1.54) is 0 Å². The van der Waals surface area contributed by atoms with Crippen LogP contribution in [0.15, 0.2) is 55.0 Å². The summed E-state index contributed by atoms with van der Waals surface area (Å²) in [5, 5.41) is 0. The number of aromatic nitrogens is 4. The van der Waals surface area contributed by atoms with Crippen LogP contribution in [0.4, 0.5) is 0 Å². The predicted molar refractivity (Wildman–Crippen MR) is 102 cm³/mol. The van der Waals surface area contributed by atoms with Crippen molar-refractivity contribution in [3.8, 4) is 0 Å². The lowest BCUT2D eigenvalue weighted by molar-refractivity contribution is 1.14. The molecule has 0 aliphatic rings. The average Bonchev–Trinajstić information content (AvgIpc) is 3.16. The van der Waals surface area contributed by atoms with Gasteiger partial charge in [-0.05, 0) is 46.9 Å². The zero-order valence-electron chi connectivity index (χ0n) is 12.0. The van der Waals surface area contributed by atoms with Crippen molar-refractivity contribution in [2.24, 2.45) is 0 Å². The summed E-state index contributed by atoms with van der Waals surface area (Å²) < 4.78 is 5.08. The second-order valence-corrected chi connectivity index (χ2v) is 6.30. The molecular weight excluding hydrogens is 446 g/mol. The van der Waals surface area contributed by atoms with Gasteiger partial charge in [-0.1, -0.05) is 12.1 Å². The lowest BCUT2D eigenvalue weighted by Crippen LogP contribution is -1.85. The summed E-state index contributed by atoms with van der Waals surface area (Å²) in [6, 6.07) is 11.8. The van der Waals surface area contributed by atoms with Crippen LogP contribution >= 0.6 is 45.8 Å². The number of hydrogen-bond acceptors (Lipinski definition) is 2. The molecule has 0 aromatic carbocycles. The molecule has 4 aromatic rings. The molecule has 4 nitrogen and oxygen atoms in total. The molecule has 0 saturated heterocycles. The van der Waals surface area contributed by atoms with Crippen molar-refractivity contribution in [2.45, 2.75) is 11.8 Å². The maximum atomic E-state index is 5.72. The van der Waals surface area contributed by atoms with E-state index in [0.29, 0.717) is 11.8 Å². The third kappa shape index (κ3) is 3.62. The highest BCUT2D eigenvalue weighted by molar-refractivity contribution is 14.1. The third-order valence-corrected chi connectivity index (χ3v) is 4.88. The largest absolute Gasteiger partial charge is 0.307 e. The molecule has 4 aromatic heterocycles. The summed E-state index contributed by atoms with van der Waals surface area (Å²) in [7, 11) is 0. The Morgan fingerprint density at radius 3 is 2.30 bits per heavy atom. The second kappa shape index (κ2) is 7.51. The Morgan fingerprint density at radius 1 is 0.913 bits per heavy atom. The molecule has 0 saturated carbocycles. The Hall–Kier alpha value is -1.31. The smallest absolute Gasteiger partial charge is 0.137 e. The van der Waals surface area contributed by atoms with Crippen molar-refractivity contribution in [1.82, 2.24) is 18.8 Å². The number of nitrogens with zero attached hydrogens (tertiary/aromatic N) is 4. The molecule has 0 atom stereocenters. The summed E-state index contributed by atoms with van der Waals surface area (Å²) >= 11 is 13.6. The number of pyridine rings is 2. The number of imidazole rings is 2. The first-order valence-electron chi connectivity index (χ1n) is 6.89. The summed E-state index contributed by atoms with van der Waals surface area (Å²) in [6.07, 6.45) is 5.88. The molecule has 0 aliphatic carbocycles. The van der Waals surface area contributed by atoms with E-state index in [9.17, 15) is 0 Å². The van der Waals surface area contributed by atoms with E-state index in [2.05, 4.69) is 32.6 Å². The average molecular weight is 459 g/mol. The van der Waals surface area contributed by atoms with Crippen LogP contribution in [-0.4, -0.2) is 18.8 Å². The first kappa shape index (κ1) is 16.5. The molecule has 0 unspecified atom stereocenters. The van der Waals surface area contributed by atoms with Crippen molar-refractivity contribution in [3.63, 3.8) is 0 Å².